The van der Waals surface area contributed by atoms with Crippen molar-refractivity contribution in [2.24, 2.45) is 0 Å². The summed E-state index contributed by atoms with van der Waals surface area (Å²) in [5.41, 5.74) is 5.32. The van der Waals surface area contributed by atoms with Gasteiger partial charge in [-0.2, -0.15) is 4.31 Å². The number of piperazine rings is 1. The van der Waals surface area contributed by atoms with Crippen LogP contribution in [0, 0.1) is 11.6 Å². The number of nitrogen functional groups attached to an aromatic ring is 1. The van der Waals surface area contributed by atoms with Crippen LogP contribution in [0.4, 0.5) is 14.5 Å². The Labute approximate surface area is 123 Å². The lowest BCUT2D eigenvalue weighted by Gasteiger charge is -2.38. The summed E-state index contributed by atoms with van der Waals surface area (Å²) < 4.78 is 53.5. The van der Waals surface area contributed by atoms with Gasteiger partial charge in [-0.15, -0.1) is 0 Å². The highest BCUT2D eigenvalue weighted by molar-refractivity contribution is 7.89. The molecular weight excluding hydrogens is 300 g/mol. The van der Waals surface area contributed by atoms with Crippen LogP contribution in [-0.4, -0.2) is 50.3 Å². The topological polar surface area (TPSA) is 66.6 Å². The molecule has 8 heteroatoms. The molecule has 2 N–H and O–H groups in total. The molecule has 2 rings (SSSR count). The van der Waals surface area contributed by atoms with Crippen LogP contribution in [-0.2, 0) is 10.0 Å². The molecule has 1 aromatic carbocycles. The average Bonchev–Trinajstić information content (AvgIpc) is 2.42. The van der Waals surface area contributed by atoms with Crippen LogP contribution >= 0.6 is 0 Å². The lowest BCUT2D eigenvalue weighted by atomic mass is 10.1. The molecule has 1 heterocycles. The second-order valence-corrected chi connectivity index (χ2v) is 7.13. The van der Waals surface area contributed by atoms with E-state index in [9.17, 15) is 17.2 Å². The smallest absolute Gasteiger partial charge is 0.246 e. The number of nitrogens with two attached hydrogens (primary N) is 1. The molecule has 0 amide bonds. The highest BCUT2D eigenvalue weighted by Crippen LogP contribution is 2.26. The quantitative estimate of drug-likeness (QED) is 0.852. The maximum Gasteiger partial charge on any atom is 0.246 e. The van der Waals surface area contributed by atoms with Crippen molar-refractivity contribution in [1.82, 2.24) is 9.21 Å². The molecule has 0 saturated carbocycles. The van der Waals surface area contributed by atoms with Crippen LogP contribution < -0.4 is 5.73 Å². The van der Waals surface area contributed by atoms with Gasteiger partial charge in [0, 0.05) is 31.4 Å². The minimum Gasteiger partial charge on any atom is -0.399 e. The Morgan fingerprint density at radius 1 is 1.33 bits per heavy atom. The fraction of sp³-hybridized carbons (Fsp3) is 0.538. The zero-order valence-electron chi connectivity index (χ0n) is 12.0. The molecule has 21 heavy (non-hydrogen) atoms. The van der Waals surface area contributed by atoms with E-state index < -0.39 is 26.6 Å². The molecule has 0 aliphatic carbocycles. The molecule has 1 saturated heterocycles. The molecule has 0 aromatic heterocycles. The van der Waals surface area contributed by atoms with Crippen molar-refractivity contribution < 1.29 is 17.2 Å². The molecule has 1 aliphatic heterocycles. The highest BCUT2D eigenvalue weighted by Gasteiger charge is 2.34. The van der Waals surface area contributed by atoms with Gasteiger partial charge < -0.3 is 10.6 Å². The summed E-state index contributed by atoms with van der Waals surface area (Å²) >= 11 is 0. The van der Waals surface area contributed by atoms with E-state index in [4.69, 9.17) is 5.73 Å². The van der Waals surface area contributed by atoms with E-state index in [1.807, 2.05) is 14.0 Å². The number of rotatable bonds is 3. The largest absolute Gasteiger partial charge is 0.399 e. The minimum atomic E-state index is -4.09. The number of anilines is 1. The molecule has 1 aliphatic rings. The number of likely N-dealkylation sites (N-methyl/N-ethyl adjacent to an activating group) is 1. The van der Waals surface area contributed by atoms with E-state index in [1.165, 1.54) is 4.31 Å². The molecule has 1 unspecified atom stereocenters. The number of hydrogen-bond acceptors (Lipinski definition) is 4. The van der Waals surface area contributed by atoms with Crippen LogP contribution in [0.5, 0.6) is 0 Å². The molecule has 5 nitrogen and oxygen atoms in total. The van der Waals surface area contributed by atoms with E-state index in [-0.39, 0.29) is 24.8 Å². The summed E-state index contributed by atoms with van der Waals surface area (Å²) in [6.45, 7) is 3.00. The van der Waals surface area contributed by atoms with Gasteiger partial charge in [0.05, 0.1) is 0 Å². The maximum absolute atomic E-state index is 13.8. The van der Waals surface area contributed by atoms with Crippen molar-refractivity contribution in [3.8, 4) is 0 Å². The molecule has 1 atom stereocenters. The predicted octanol–water partition coefficient (Wildman–Crippen LogP) is 1.26. The van der Waals surface area contributed by atoms with Crippen molar-refractivity contribution in [2.45, 2.75) is 24.3 Å². The fourth-order valence-electron chi connectivity index (χ4n) is 2.49. The summed E-state index contributed by atoms with van der Waals surface area (Å²) in [4.78, 5) is 1.36. The van der Waals surface area contributed by atoms with Crippen LogP contribution in [0.25, 0.3) is 0 Å². The summed E-state index contributed by atoms with van der Waals surface area (Å²) in [6, 6.07) is 1.79. The van der Waals surface area contributed by atoms with E-state index in [2.05, 4.69) is 4.90 Å². The van der Waals surface area contributed by atoms with Gasteiger partial charge in [-0.3, -0.25) is 0 Å². The Morgan fingerprint density at radius 3 is 2.62 bits per heavy atom. The normalized spacial score (nSPS) is 21.6. The van der Waals surface area contributed by atoms with E-state index >= 15 is 0 Å². The molecular formula is C13H19F2N3O2S. The van der Waals surface area contributed by atoms with Crippen molar-refractivity contribution in [3.05, 3.63) is 23.8 Å². The Balaban J connectivity index is 2.39. The van der Waals surface area contributed by atoms with E-state index in [0.29, 0.717) is 6.54 Å². The van der Waals surface area contributed by atoms with Gasteiger partial charge in [0.25, 0.3) is 0 Å². The number of halogens is 2. The van der Waals surface area contributed by atoms with Gasteiger partial charge in [-0.05, 0) is 25.6 Å². The lowest BCUT2D eigenvalue weighted by molar-refractivity contribution is 0.144. The average molecular weight is 319 g/mol. The predicted molar refractivity (Wildman–Crippen MR) is 76.2 cm³/mol. The Morgan fingerprint density at radius 2 is 2.00 bits per heavy atom. The standard InChI is InChI=1S/C13H19F2N3O2S/c1-3-10-8-18(5-4-17(10)2)21(19,20)12-7-9(16)6-11(14)13(12)15/h6-7,10H,3-5,8,16H2,1-2H3. The maximum atomic E-state index is 13.8. The molecule has 118 valence electrons. The van der Waals surface area contributed by atoms with Gasteiger partial charge in [0.1, 0.15) is 4.90 Å². The first-order valence-corrected chi connectivity index (χ1v) is 8.16. The first-order chi connectivity index (χ1) is 9.77. The Bertz CT molecular complexity index is 637. The Kier molecular flexibility index (Phi) is 4.50. The van der Waals surface area contributed by atoms with Crippen LogP contribution in [0.3, 0.4) is 0 Å². The molecule has 0 bridgehead atoms. The first-order valence-electron chi connectivity index (χ1n) is 6.72. The van der Waals surface area contributed by atoms with E-state index in [1.54, 1.807) is 0 Å². The van der Waals surface area contributed by atoms with Crippen molar-refractivity contribution in [3.63, 3.8) is 0 Å². The van der Waals surface area contributed by atoms with Crippen molar-refractivity contribution in [1.29, 1.82) is 0 Å². The van der Waals surface area contributed by atoms with Crippen LogP contribution in [0.1, 0.15) is 13.3 Å². The highest BCUT2D eigenvalue weighted by atomic mass is 32.2. The molecule has 1 aromatic rings. The summed E-state index contributed by atoms with van der Waals surface area (Å²) in [5.74, 6) is -2.63. The first kappa shape index (κ1) is 16.1. The minimum absolute atomic E-state index is 0.0579. The second kappa shape index (κ2) is 5.86. The fourth-order valence-corrected chi connectivity index (χ4v) is 4.06. The summed E-state index contributed by atoms with van der Waals surface area (Å²) in [5, 5.41) is 0. The van der Waals surface area contributed by atoms with Gasteiger partial charge in [0.15, 0.2) is 11.6 Å². The van der Waals surface area contributed by atoms with E-state index in [0.717, 1.165) is 18.6 Å². The molecule has 1 fully saturated rings. The molecule has 0 spiro atoms. The van der Waals surface area contributed by atoms with Crippen molar-refractivity contribution >= 4 is 15.7 Å². The zero-order chi connectivity index (χ0) is 15.8. The number of nitrogens with zero attached hydrogens (tertiary/aromatic N) is 2. The van der Waals surface area contributed by atoms with Gasteiger partial charge >= 0.3 is 0 Å². The number of benzene rings is 1. The van der Waals surface area contributed by atoms with Crippen LogP contribution in [0.15, 0.2) is 17.0 Å². The van der Waals surface area contributed by atoms with Gasteiger partial charge in [-0.25, -0.2) is 17.2 Å². The third kappa shape index (κ3) is 3.02. The zero-order valence-corrected chi connectivity index (χ0v) is 12.8. The monoisotopic (exact) mass is 319 g/mol. The number of sulfonamides is 1. The third-order valence-electron chi connectivity index (χ3n) is 3.85. The van der Waals surface area contributed by atoms with Crippen molar-refractivity contribution in [2.75, 3.05) is 32.4 Å². The number of hydrogen-bond donors (Lipinski definition) is 1. The van der Waals surface area contributed by atoms with Gasteiger partial charge in [0.2, 0.25) is 10.0 Å². The third-order valence-corrected chi connectivity index (χ3v) is 5.71. The SMILES string of the molecule is CCC1CN(S(=O)(=O)c2cc(N)cc(F)c2F)CCN1C. The summed E-state index contributed by atoms with van der Waals surface area (Å²) in [7, 11) is -2.18. The van der Waals surface area contributed by atoms with Crippen LogP contribution in [0.2, 0.25) is 0 Å². The van der Waals surface area contributed by atoms with Gasteiger partial charge in [-0.1, -0.05) is 6.92 Å². The Hall–Kier alpha value is -1.25. The molecule has 0 radical (unpaired) electrons. The lowest BCUT2D eigenvalue weighted by Crippen LogP contribution is -2.52. The summed E-state index contributed by atoms with van der Waals surface area (Å²) in [6.07, 6.45) is 0.774. The second-order valence-electron chi connectivity index (χ2n) is 5.22.